The summed E-state index contributed by atoms with van der Waals surface area (Å²) in [5.74, 6) is -0.594. The van der Waals surface area contributed by atoms with Crippen LogP contribution in [-0.2, 0) is 4.79 Å². The van der Waals surface area contributed by atoms with Gasteiger partial charge in [0.05, 0.1) is 17.4 Å². The number of amides is 2. The number of carbonyl (C=O) groups is 2. The van der Waals surface area contributed by atoms with Gasteiger partial charge >= 0.3 is 0 Å². The van der Waals surface area contributed by atoms with E-state index < -0.39 is 11.4 Å². The monoisotopic (exact) mass is 421 g/mol. The van der Waals surface area contributed by atoms with Crippen molar-refractivity contribution in [3.63, 3.8) is 0 Å². The number of rotatable bonds is 6. The van der Waals surface area contributed by atoms with E-state index in [0.29, 0.717) is 35.3 Å². The summed E-state index contributed by atoms with van der Waals surface area (Å²) in [6.07, 6.45) is 3.75. The molecule has 1 aromatic carbocycles. The molecule has 7 nitrogen and oxygen atoms in total. The Bertz CT molecular complexity index is 1070. The van der Waals surface area contributed by atoms with Crippen molar-refractivity contribution in [3.8, 4) is 6.07 Å². The van der Waals surface area contributed by atoms with Crippen molar-refractivity contribution in [2.24, 2.45) is 5.73 Å². The molecule has 0 radical (unpaired) electrons. The predicted octanol–water partition coefficient (Wildman–Crippen LogP) is 3.02. The number of aryl methyl sites for hydroxylation is 2. The summed E-state index contributed by atoms with van der Waals surface area (Å²) < 4.78 is 0. The molecule has 0 atom stereocenters. The van der Waals surface area contributed by atoms with Crippen molar-refractivity contribution in [2.75, 3.05) is 16.8 Å². The molecule has 154 valence electrons. The molecule has 0 aliphatic heterocycles. The highest BCUT2D eigenvalue weighted by molar-refractivity contribution is 7.79. The van der Waals surface area contributed by atoms with E-state index in [0.717, 1.165) is 17.7 Å². The van der Waals surface area contributed by atoms with Crippen LogP contribution in [-0.4, -0.2) is 34.9 Å². The third-order valence-electron chi connectivity index (χ3n) is 5.76. The first-order chi connectivity index (χ1) is 14.2. The van der Waals surface area contributed by atoms with Gasteiger partial charge in [0.15, 0.2) is 0 Å². The number of nitrogens with zero attached hydrogens (tertiary/aromatic N) is 4. The van der Waals surface area contributed by atoms with Crippen LogP contribution in [0.3, 0.4) is 0 Å². The summed E-state index contributed by atoms with van der Waals surface area (Å²) >= 11 is 5.30. The first kappa shape index (κ1) is 21.4. The second kappa shape index (κ2) is 8.20. The number of nitrogens with two attached hydrogens (primary N) is 1. The first-order valence-electron chi connectivity index (χ1n) is 9.55. The van der Waals surface area contributed by atoms with E-state index in [-0.39, 0.29) is 5.91 Å². The lowest BCUT2D eigenvalue weighted by molar-refractivity contribution is -0.125. The number of benzene rings is 1. The molecule has 0 spiro atoms. The fourth-order valence-corrected chi connectivity index (χ4v) is 4.17. The molecule has 2 aromatic rings. The number of nitriles is 1. The maximum atomic E-state index is 13.6. The van der Waals surface area contributed by atoms with Crippen LogP contribution in [0.5, 0.6) is 0 Å². The molecule has 0 unspecified atom stereocenters. The SMILES string of the molecule is Cc1cc(N(C=S)C2(C(=O)N(C)c3cnc(C#N)c(C)c3)CCC2)ccc1C(N)=O. The van der Waals surface area contributed by atoms with Crippen LogP contribution in [0.15, 0.2) is 30.5 Å². The average molecular weight is 422 g/mol. The molecule has 8 heteroatoms. The fraction of sp³-hybridized carbons (Fsp3) is 0.318. The Morgan fingerprint density at radius 2 is 1.90 bits per heavy atom. The van der Waals surface area contributed by atoms with Crippen LogP contribution in [0.1, 0.15) is 46.4 Å². The maximum Gasteiger partial charge on any atom is 0.253 e. The number of likely N-dealkylation sites (N-methyl/N-ethyl adjacent to an activating group) is 1. The molecule has 1 saturated carbocycles. The fourth-order valence-electron chi connectivity index (χ4n) is 3.84. The topological polar surface area (TPSA) is 103 Å². The Balaban J connectivity index is 1.97. The molecule has 1 aromatic heterocycles. The normalized spacial score (nSPS) is 14.2. The Labute approximate surface area is 181 Å². The van der Waals surface area contributed by atoms with Gasteiger partial charge in [0.2, 0.25) is 5.91 Å². The molecule has 0 saturated heterocycles. The molecule has 0 bridgehead atoms. The number of hydrogen-bond donors (Lipinski definition) is 1. The van der Waals surface area contributed by atoms with E-state index in [4.69, 9.17) is 23.2 Å². The Morgan fingerprint density at radius 3 is 2.37 bits per heavy atom. The molecule has 1 fully saturated rings. The summed E-state index contributed by atoms with van der Waals surface area (Å²) in [5, 5.41) is 9.10. The lowest BCUT2D eigenvalue weighted by Gasteiger charge is -2.49. The summed E-state index contributed by atoms with van der Waals surface area (Å²) in [5.41, 5.74) is 9.67. The number of primary amides is 1. The van der Waals surface area contributed by atoms with Crippen molar-refractivity contribution in [2.45, 2.75) is 38.6 Å². The van der Waals surface area contributed by atoms with Crippen LogP contribution in [0.25, 0.3) is 0 Å². The van der Waals surface area contributed by atoms with Gasteiger partial charge in [-0.05, 0) is 68.5 Å². The summed E-state index contributed by atoms with van der Waals surface area (Å²) in [6, 6.07) is 9.06. The minimum Gasteiger partial charge on any atom is -0.366 e. The molecule has 30 heavy (non-hydrogen) atoms. The number of anilines is 2. The quantitative estimate of drug-likeness (QED) is 0.719. The van der Waals surface area contributed by atoms with E-state index in [2.05, 4.69) is 4.98 Å². The van der Waals surface area contributed by atoms with Crippen LogP contribution in [0.4, 0.5) is 11.4 Å². The zero-order valence-electron chi connectivity index (χ0n) is 17.2. The van der Waals surface area contributed by atoms with E-state index in [9.17, 15) is 9.59 Å². The lowest BCUT2D eigenvalue weighted by Crippen LogP contribution is -2.63. The molecule has 2 amide bonds. The lowest BCUT2D eigenvalue weighted by atomic mass is 9.74. The number of aromatic nitrogens is 1. The number of thiocarbonyl (C=S) groups is 1. The van der Waals surface area contributed by atoms with E-state index in [1.165, 1.54) is 11.7 Å². The third-order valence-corrected chi connectivity index (χ3v) is 5.97. The highest BCUT2D eigenvalue weighted by Gasteiger charge is 2.50. The molecular weight excluding hydrogens is 398 g/mol. The Kier molecular flexibility index (Phi) is 5.85. The highest BCUT2D eigenvalue weighted by atomic mass is 32.1. The van der Waals surface area contributed by atoms with Gasteiger partial charge in [0.1, 0.15) is 17.3 Å². The summed E-state index contributed by atoms with van der Waals surface area (Å²) in [6.45, 7) is 3.59. The zero-order chi connectivity index (χ0) is 22.1. The van der Waals surface area contributed by atoms with E-state index in [1.54, 1.807) is 44.0 Å². The predicted molar refractivity (Wildman–Crippen MR) is 120 cm³/mol. The Hall–Kier alpha value is -3.31. The number of pyridine rings is 1. The van der Waals surface area contributed by atoms with Crippen molar-refractivity contribution >= 4 is 40.9 Å². The molecule has 1 aliphatic rings. The molecule has 1 heterocycles. The van der Waals surface area contributed by atoms with Gasteiger partial charge in [-0.1, -0.05) is 12.2 Å². The number of hydrogen-bond acceptors (Lipinski definition) is 5. The van der Waals surface area contributed by atoms with Gasteiger partial charge in [-0.25, -0.2) is 4.98 Å². The Morgan fingerprint density at radius 1 is 1.23 bits per heavy atom. The van der Waals surface area contributed by atoms with Crippen LogP contribution >= 0.6 is 12.2 Å². The van der Waals surface area contributed by atoms with Crippen LogP contribution in [0, 0.1) is 25.2 Å². The van der Waals surface area contributed by atoms with Crippen LogP contribution in [0.2, 0.25) is 0 Å². The average Bonchev–Trinajstić information content (AvgIpc) is 2.69. The second-order valence-electron chi connectivity index (χ2n) is 7.56. The minimum absolute atomic E-state index is 0.0996. The van der Waals surface area contributed by atoms with Gasteiger partial charge in [-0.2, -0.15) is 5.26 Å². The molecule has 1 aliphatic carbocycles. The van der Waals surface area contributed by atoms with Gasteiger partial charge in [-0.3, -0.25) is 9.59 Å². The largest absolute Gasteiger partial charge is 0.366 e. The summed E-state index contributed by atoms with van der Waals surface area (Å²) in [4.78, 5) is 32.7. The molecule has 2 N–H and O–H groups in total. The van der Waals surface area contributed by atoms with Crippen LogP contribution < -0.4 is 15.5 Å². The number of carbonyl (C=O) groups excluding carboxylic acids is 2. The van der Waals surface area contributed by atoms with Crippen molar-refractivity contribution in [1.29, 1.82) is 5.26 Å². The molecule has 3 rings (SSSR count). The van der Waals surface area contributed by atoms with E-state index >= 15 is 0 Å². The smallest absolute Gasteiger partial charge is 0.253 e. The first-order valence-corrected chi connectivity index (χ1v) is 10.0. The van der Waals surface area contributed by atoms with E-state index in [1.807, 2.05) is 17.0 Å². The van der Waals surface area contributed by atoms with Crippen molar-refractivity contribution in [3.05, 3.63) is 52.8 Å². The van der Waals surface area contributed by atoms with Gasteiger partial charge < -0.3 is 15.5 Å². The highest BCUT2D eigenvalue weighted by Crippen LogP contribution is 2.42. The second-order valence-corrected chi connectivity index (χ2v) is 7.77. The standard InChI is InChI=1S/C22H23N5O2S/c1-14-9-16(5-6-18(14)20(24)28)27(13-30)22(7-4-8-22)21(29)26(3)17-10-15(2)19(11-23)25-12-17/h5-6,9-10,12-13H,4,7-8H2,1-3H3,(H2,24,28). The van der Waals surface area contributed by atoms with Gasteiger partial charge in [0.25, 0.3) is 5.91 Å². The minimum atomic E-state index is -0.807. The summed E-state index contributed by atoms with van der Waals surface area (Å²) in [7, 11) is 1.70. The van der Waals surface area contributed by atoms with Crippen molar-refractivity contribution < 1.29 is 9.59 Å². The maximum absolute atomic E-state index is 13.6. The van der Waals surface area contributed by atoms with Gasteiger partial charge in [0, 0.05) is 18.3 Å². The van der Waals surface area contributed by atoms with Gasteiger partial charge in [-0.15, -0.1) is 0 Å². The third kappa shape index (κ3) is 3.53. The van der Waals surface area contributed by atoms with Crippen molar-refractivity contribution in [1.82, 2.24) is 4.98 Å². The zero-order valence-corrected chi connectivity index (χ0v) is 18.0. The molecular formula is C22H23N5O2S.